The predicted octanol–water partition coefficient (Wildman–Crippen LogP) is 1.66. The van der Waals surface area contributed by atoms with Crippen molar-refractivity contribution in [3.8, 4) is 11.5 Å². The maximum atomic E-state index is 5.72. The van der Waals surface area contributed by atoms with E-state index in [1.807, 2.05) is 23.6 Å². The van der Waals surface area contributed by atoms with Crippen LogP contribution in [0.5, 0.6) is 11.5 Å². The van der Waals surface area contributed by atoms with E-state index < -0.39 is 0 Å². The highest BCUT2D eigenvalue weighted by Gasteiger charge is 2.22. The summed E-state index contributed by atoms with van der Waals surface area (Å²) in [6, 6.07) is 5.83. The summed E-state index contributed by atoms with van der Waals surface area (Å²) in [7, 11) is 0. The second-order valence-electron chi connectivity index (χ2n) is 4.22. The molecule has 3 N–H and O–H groups in total. The lowest BCUT2D eigenvalue weighted by atomic mass is 10.0. The number of hydrogen-bond acceptors (Lipinski definition) is 6. The maximum absolute atomic E-state index is 5.72. The lowest BCUT2D eigenvalue weighted by Gasteiger charge is -2.24. The average Bonchev–Trinajstić information content (AvgIpc) is 2.97. The van der Waals surface area contributed by atoms with E-state index in [1.54, 1.807) is 17.5 Å². The first kappa shape index (κ1) is 12.4. The van der Waals surface area contributed by atoms with Crippen LogP contribution >= 0.6 is 11.3 Å². The molecular weight excluding hydrogens is 262 g/mol. The molecule has 3 rings (SSSR count). The molecule has 0 radical (unpaired) electrons. The Balaban J connectivity index is 1.90. The van der Waals surface area contributed by atoms with Crippen LogP contribution < -0.4 is 20.7 Å². The van der Waals surface area contributed by atoms with Gasteiger partial charge in [-0.3, -0.25) is 11.3 Å². The Morgan fingerprint density at radius 1 is 1.37 bits per heavy atom. The number of para-hydroxylation sites is 1. The Hall–Kier alpha value is -1.63. The molecule has 0 saturated carbocycles. The molecule has 0 amide bonds. The molecule has 0 bridgehead atoms. The molecule has 2 aromatic rings. The van der Waals surface area contributed by atoms with Gasteiger partial charge in [0.1, 0.15) is 13.2 Å². The number of nitrogens with zero attached hydrogens (tertiary/aromatic N) is 1. The van der Waals surface area contributed by atoms with Crippen LogP contribution in [0.4, 0.5) is 0 Å². The molecule has 1 aromatic heterocycles. The van der Waals surface area contributed by atoms with Gasteiger partial charge in [-0.25, -0.2) is 4.98 Å². The number of nitrogens with one attached hydrogen (secondary N) is 1. The fourth-order valence-corrected chi connectivity index (χ4v) is 2.82. The molecule has 0 saturated heterocycles. The van der Waals surface area contributed by atoms with E-state index in [0.29, 0.717) is 13.2 Å². The monoisotopic (exact) mass is 277 g/mol. The molecule has 1 aliphatic heterocycles. The van der Waals surface area contributed by atoms with E-state index in [2.05, 4.69) is 10.4 Å². The standard InChI is InChI=1S/C13H15N3O2S/c14-16-10(8-12-15-4-7-19-12)9-2-1-3-11-13(9)18-6-5-17-11/h1-4,7,10,16H,5-6,8,14H2. The molecule has 0 spiro atoms. The predicted molar refractivity (Wildman–Crippen MR) is 73.3 cm³/mol. The van der Waals surface area contributed by atoms with Gasteiger partial charge >= 0.3 is 0 Å². The first-order valence-electron chi connectivity index (χ1n) is 6.11. The Bertz CT molecular complexity index is 545. The zero-order valence-electron chi connectivity index (χ0n) is 10.3. The van der Waals surface area contributed by atoms with Crippen molar-refractivity contribution >= 4 is 11.3 Å². The number of benzene rings is 1. The van der Waals surface area contributed by atoms with E-state index in [9.17, 15) is 0 Å². The lowest BCUT2D eigenvalue weighted by Crippen LogP contribution is -2.30. The number of nitrogens with two attached hydrogens (primary N) is 1. The molecule has 2 heterocycles. The number of hydrazine groups is 1. The van der Waals surface area contributed by atoms with Crippen LogP contribution in [0.15, 0.2) is 29.8 Å². The van der Waals surface area contributed by atoms with Crippen LogP contribution in [-0.4, -0.2) is 18.2 Å². The first-order valence-corrected chi connectivity index (χ1v) is 6.99. The zero-order valence-corrected chi connectivity index (χ0v) is 11.2. The minimum atomic E-state index is -0.0391. The highest BCUT2D eigenvalue weighted by molar-refractivity contribution is 7.09. The Kier molecular flexibility index (Phi) is 3.63. The highest BCUT2D eigenvalue weighted by Crippen LogP contribution is 2.37. The van der Waals surface area contributed by atoms with Gasteiger partial charge in [0.15, 0.2) is 11.5 Å². The number of ether oxygens (including phenoxy) is 2. The molecule has 5 nitrogen and oxygen atoms in total. The first-order chi connectivity index (χ1) is 9.38. The van der Waals surface area contributed by atoms with Gasteiger partial charge in [-0.1, -0.05) is 12.1 Å². The fraction of sp³-hybridized carbons (Fsp3) is 0.308. The van der Waals surface area contributed by atoms with Crippen LogP contribution in [-0.2, 0) is 6.42 Å². The largest absolute Gasteiger partial charge is 0.486 e. The van der Waals surface area contributed by atoms with Crippen molar-refractivity contribution in [3.05, 3.63) is 40.3 Å². The minimum absolute atomic E-state index is 0.0391. The summed E-state index contributed by atoms with van der Waals surface area (Å²) in [4.78, 5) is 4.29. The number of thiazole rings is 1. The molecule has 19 heavy (non-hydrogen) atoms. The number of fused-ring (bicyclic) bond motifs is 1. The summed E-state index contributed by atoms with van der Waals surface area (Å²) >= 11 is 1.62. The summed E-state index contributed by atoms with van der Waals surface area (Å²) in [5.74, 6) is 7.25. The van der Waals surface area contributed by atoms with Gasteiger partial charge in [-0.2, -0.15) is 0 Å². The second-order valence-corrected chi connectivity index (χ2v) is 5.20. The number of hydrogen-bond donors (Lipinski definition) is 2. The van der Waals surface area contributed by atoms with Crippen molar-refractivity contribution in [1.29, 1.82) is 0 Å². The van der Waals surface area contributed by atoms with E-state index in [4.69, 9.17) is 15.3 Å². The van der Waals surface area contributed by atoms with Gasteiger partial charge in [0.25, 0.3) is 0 Å². The second kappa shape index (κ2) is 5.56. The normalized spacial score (nSPS) is 15.2. The van der Waals surface area contributed by atoms with Crippen LogP contribution in [0.3, 0.4) is 0 Å². The molecule has 1 unspecified atom stereocenters. The molecule has 6 heteroatoms. The molecule has 100 valence electrons. The fourth-order valence-electron chi connectivity index (χ4n) is 2.16. The Morgan fingerprint density at radius 2 is 2.26 bits per heavy atom. The van der Waals surface area contributed by atoms with E-state index in [0.717, 1.165) is 28.5 Å². The smallest absolute Gasteiger partial charge is 0.166 e. The van der Waals surface area contributed by atoms with Crippen LogP contribution in [0.2, 0.25) is 0 Å². The summed E-state index contributed by atoms with van der Waals surface area (Å²) in [6.45, 7) is 1.15. The highest BCUT2D eigenvalue weighted by atomic mass is 32.1. The molecule has 1 aliphatic rings. The van der Waals surface area contributed by atoms with Crippen molar-refractivity contribution in [2.24, 2.45) is 5.84 Å². The third-order valence-electron chi connectivity index (χ3n) is 3.04. The van der Waals surface area contributed by atoms with E-state index >= 15 is 0 Å². The topological polar surface area (TPSA) is 69.4 Å². The minimum Gasteiger partial charge on any atom is -0.486 e. The molecule has 0 aliphatic carbocycles. The maximum Gasteiger partial charge on any atom is 0.166 e. The molecule has 0 fully saturated rings. The van der Waals surface area contributed by atoms with Gasteiger partial charge in [0, 0.05) is 23.6 Å². The van der Waals surface area contributed by atoms with Crippen molar-refractivity contribution < 1.29 is 9.47 Å². The molecule has 1 aromatic carbocycles. The summed E-state index contributed by atoms with van der Waals surface area (Å²) < 4.78 is 11.3. The van der Waals surface area contributed by atoms with E-state index in [1.165, 1.54) is 0 Å². The van der Waals surface area contributed by atoms with Gasteiger partial charge < -0.3 is 9.47 Å². The van der Waals surface area contributed by atoms with Gasteiger partial charge in [0.2, 0.25) is 0 Å². The number of aromatic nitrogens is 1. The molecule has 1 atom stereocenters. The third-order valence-corrected chi connectivity index (χ3v) is 3.84. The lowest BCUT2D eigenvalue weighted by molar-refractivity contribution is 0.168. The average molecular weight is 277 g/mol. The van der Waals surface area contributed by atoms with Gasteiger partial charge in [0.05, 0.1) is 11.0 Å². The van der Waals surface area contributed by atoms with Crippen molar-refractivity contribution in [3.63, 3.8) is 0 Å². The summed E-state index contributed by atoms with van der Waals surface area (Å²) in [5, 5.41) is 3.00. The van der Waals surface area contributed by atoms with Crippen LogP contribution in [0.1, 0.15) is 16.6 Å². The van der Waals surface area contributed by atoms with Crippen molar-refractivity contribution in [2.45, 2.75) is 12.5 Å². The SMILES string of the molecule is NNC(Cc1nccs1)c1cccc2c1OCCO2. The number of rotatable bonds is 4. The van der Waals surface area contributed by atoms with Crippen molar-refractivity contribution in [2.75, 3.05) is 13.2 Å². The Morgan fingerprint density at radius 3 is 3.05 bits per heavy atom. The Labute approximate surface area is 115 Å². The van der Waals surface area contributed by atoms with Crippen LogP contribution in [0.25, 0.3) is 0 Å². The van der Waals surface area contributed by atoms with Gasteiger partial charge in [-0.05, 0) is 6.07 Å². The quantitative estimate of drug-likeness (QED) is 0.657. The summed E-state index contributed by atoms with van der Waals surface area (Å²) in [5.41, 5.74) is 3.85. The molecular formula is C13H15N3O2S. The van der Waals surface area contributed by atoms with E-state index in [-0.39, 0.29) is 6.04 Å². The third kappa shape index (κ3) is 2.56. The van der Waals surface area contributed by atoms with Crippen LogP contribution in [0, 0.1) is 0 Å². The van der Waals surface area contributed by atoms with Crippen molar-refractivity contribution in [1.82, 2.24) is 10.4 Å². The van der Waals surface area contributed by atoms with Gasteiger partial charge in [-0.15, -0.1) is 11.3 Å². The zero-order chi connectivity index (χ0) is 13.1. The summed E-state index contributed by atoms with van der Waals surface area (Å²) in [6.07, 6.45) is 2.53.